The molecule has 2 rings (SSSR count). The Morgan fingerprint density at radius 1 is 1.55 bits per heavy atom. The lowest BCUT2D eigenvalue weighted by atomic mass is 9.89. The minimum Gasteiger partial charge on any atom is -0.392 e. The maximum absolute atomic E-state index is 12.0. The van der Waals surface area contributed by atoms with Gasteiger partial charge in [0.15, 0.2) is 0 Å². The summed E-state index contributed by atoms with van der Waals surface area (Å²) in [5.74, 6) is -0.408. The fourth-order valence-electron chi connectivity index (χ4n) is 2.03. The molecule has 0 heterocycles. The summed E-state index contributed by atoms with van der Waals surface area (Å²) in [5, 5.41) is 13.6. The molecule has 3 N–H and O–H groups in total. The number of ether oxygens (including phenoxy) is 1. The van der Waals surface area contributed by atoms with Crippen molar-refractivity contribution in [3.05, 3.63) is 32.8 Å². The van der Waals surface area contributed by atoms with Crippen LogP contribution in [0.25, 0.3) is 0 Å². The summed E-state index contributed by atoms with van der Waals surface area (Å²) in [7, 11) is 1.62. The van der Waals surface area contributed by atoms with E-state index in [4.69, 9.17) is 22.1 Å². The Hall–Kier alpha value is -1.86. The molecule has 0 radical (unpaired) electrons. The fraction of sp³-hybridized carbons (Fsp3) is 0.417. The van der Waals surface area contributed by atoms with Crippen molar-refractivity contribution in [3.63, 3.8) is 0 Å². The fourth-order valence-corrected chi connectivity index (χ4v) is 2.24. The van der Waals surface area contributed by atoms with Gasteiger partial charge in [-0.3, -0.25) is 14.9 Å². The number of amides is 1. The zero-order valence-corrected chi connectivity index (χ0v) is 11.5. The van der Waals surface area contributed by atoms with Gasteiger partial charge in [-0.2, -0.15) is 0 Å². The van der Waals surface area contributed by atoms with Crippen LogP contribution in [-0.4, -0.2) is 30.1 Å². The molecule has 108 valence electrons. The Kier molecular flexibility index (Phi) is 4.10. The van der Waals surface area contributed by atoms with E-state index < -0.39 is 10.8 Å². The molecule has 0 aliphatic heterocycles. The van der Waals surface area contributed by atoms with Crippen LogP contribution in [0, 0.1) is 10.1 Å². The minimum atomic E-state index is -0.664. The molecule has 8 heteroatoms. The molecule has 20 heavy (non-hydrogen) atoms. The molecule has 0 aromatic heterocycles. The first-order valence-electron chi connectivity index (χ1n) is 5.99. The van der Waals surface area contributed by atoms with Crippen molar-refractivity contribution >= 4 is 28.9 Å². The van der Waals surface area contributed by atoms with Gasteiger partial charge in [0, 0.05) is 24.8 Å². The van der Waals surface area contributed by atoms with Crippen LogP contribution in [0.4, 0.5) is 11.4 Å². The first-order chi connectivity index (χ1) is 9.42. The van der Waals surface area contributed by atoms with E-state index in [1.54, 1.807) is 7.11 Å². The average Bonchev–Trinajstić information content (AvgIpc) is 2.35. The summed E-state index contributed by atoms with van der Waals surface area (Å²) in [4.78, 5) is 22.2. The van der Waals surface area contributed by atoms with Crippen LogP contribution in [-0.2, 0) is 4.74 Å². The third kappa shape index (κ3) is 2.83. The smallest absolute Gasteiger partial charge is 0.294 e. The zero-order chi connectivity index (χ0) is 14.9. The second-order valence-electron chi connectivity index (χ2n) is 4.65. The van der Waals surface area contributed by atoms with Crippen molar-refractivity contribution in [2.75, 3.05) is 12.8 Å². The highest BCUT2D eigenvalue weighted by molar-refractivity contribution is 6.34. The van der Waals surface area contributed by atoms with Gasteiger partial charge in [0.25, 0.3) is 11.6 Å². The Morgan fingerprint density at radius 3 is 2.75 bits per heavy atom. The highest BCUT2D eigenvalue weighted by Gasteiger charge is 2.31. The highest BCUT2D eigenvalue weighted by Crippen LogP contribution is 2.31. The zero-order valence-electron chi connectivity index (χ0n) is 10.8. The molecule has 0 atom stereocenters. The molecule has 1 fully saturated rings. The van der Waals surface area contributed by atoms with Crippen molar-refractivity contribution in [2.45, 2.75) is 25.0 Å². The molecular formula is C12H14ClN3O4. The van der Waals surface area contributed by atoms with Crippen molar-refractivity contribution in [3.8, 4) is 0 Å². The normalized spacial score (nSPS) is 21.1. The molecule has 0 saturated heterocycles. The van der Waals surface area contributed by atoms with Gasteiger partial charge in [-0.25, -0.2) is 0 Å². The van der Waals surface area contributed by atoms with Gasteiger partial charge in [-0.05, 0) is 18.9 Å². The second kappa shape index (κ2) is 5.64. The van der Waals surface area contributed by atoms with Gasteiger partial charge in [-0.15, -0.1) is 0 Å². The summed E-state index contributed by atoms with van der Waals surface area (Å²) in [5.41, 5.74) is 5.12. The lowest BCUT2D eigenvalue weighted by Gasteiger charge is -2.34. The van der Waals surface area contributed by atoms with Crippen molar-refractivity contribution in [1.82, 2.24) is 5.32 Å². The maximum Gasteiger partial charge on any atom is 0.294 e. The number of nitrogen functional groups attached to an aromatic ring is 1. The summed E-state index contributed by atoms with van der Waals surface area (Å²) in [6.07, 6.45) is 1.62. The number of rotatable bonds is 4. The van der Waals surface area contributed by atoms with E-state index in [9.17, 15) is 14.9 Å². The van der Waals surface area contributed by atoms with Gasteiger partial charge in [-0.1, -0.05) is 11.6 Å². The molecular weight excluding hydrogens is 286 g/mol. The van der Waals surface area contributed by atoms with Crippen molar-refractivity contribution in [2.24, 2.45) is 0 Å². The first-order valence-corrected chi connectivity index (χ1v) is 6.37. The largest absolute Gasteiger partial charge is 0.392 e. The lowest BCUT2D eigenvalue weighted by Crippen LogP contribution is -2.47. The monoisotopic (exact) mass is 299 g/mol. The van der Waals surface area contributed by atoms with Gasteiger partial charge < -0.3 is 15.8 Å². The molecule has 0 unspecified atom stereocenters. The number of nitro benzene ring substituents is 1. The molecule has 1 amide bonds. The van der Waals surface area contributed by atoms with Crippen LogP contribution in [0.2, 0.25) is 5.02 Å². The molecule has 7 nitrogen and oxygen atoms in total. The summed E-state index contributed by atoms with van der Waals surface area (Å²) >= 11 is 5.81. The van der Waals surface area contributed by atoms with E-state index in [1.165, 1.54) is 6.07 Å². The Morgan fingerprint density at radius 2 is 2.20 bits per heavy atom. The number of carbonyl (C=O) groups excluding carboxylic acids is 1. The third-order valence-electron chi connectivity index (χ3n) is 3.33. The van der Waals surface area contributed by atoms with Gasteiger partial charge >= 0.3 is 0 Å². The maximum atomic E-state index is 12.0. The number of hydrogen-bond acceptors (Lipinski definition) is 5. The van der Waals surface area contributed by atoms with Gasteiger partial charge in [0.1, 0.15) is 5.69 Å². The predicted molar refractivity (Wildman–Crippen MR) is 73.8 cm³/mol. The number of nitrogens with two attached hydrogens (primary N) is 1. The molecule has 0 spiro atoms. The van der Waals surface area contributed by atoms with E-state index in [0.29, 0.717) is 0 Å². The van der Waals surface area contributed by atoms with Crippen molar-refractivity contribution in [1.29, 1.82) is 0 Å². The number of methoxy groups -OCH3 is 1. The van der Waals surface area contributed by atoms with E-state index in [-0.39, 0.29) is 34.1 Å². The SMILES string of the molecule is COC1CC(NC(=O)c2cc(Cl)c(N)c([N+](=O)[O-])c2)C1. The Balaban J connectivity index is 2.12. The molecule has 1 aliphatic carbocycles. The third-order valence-corrected chi connectivity index (χ3v) is 3.64. The van der Waals surface area contributed by atoms with E-state index in [0.717, 1.165) is 18.9 Å². The van der Waals surface area contributed by atoms with Crippen LogP contribution in [0.5, 0.6) is 0 Å². The standard InChI is InChI=1S/C12H14ClN3O4/c1-20-8-4-7(5-8)15-12(17)6-2-9(13)11(14)10(3-6)16(18)19/h2-3,7-8H,4-5,14H2,1H3,(H,15,17). The second-order valence-corrected chi connectivity index (χ2v) is 5.05. The molecule has 1 saturated carbocycles. The van der Waals surface area contributed by atoms with E-state index >= 15 is 0 Å². The van der Waals surface area contributed by atoms with Crippen LogP contribution in [0.15, 0.2) is 12.1 Å². The van der Waals surface area contributed by atoms with Gasteiger partial charge in [0.05, 0.1) is 16.0 Å². The average molecular weight is 300 g/mol. The number of nitrogens with zero attached hydrogens (tertiary/aromatic N) is 1. The molecule has 0 bridgehead atoms. The van der Waals surface area contributed by atoms with Crippen LogP contribution in [0.3, 0.4) is 0 Å². The molecule has 1 aromatic carbocycles. The summed E-state index contributed by atoms with van der Waals surface area (Å²) < 4.78 is 5.11. The predicted octanol–water partition coefficient (Wildman–Crippen LogP) is 1.74. The summed E-state index contributed by atoms with van der Waals surface area (Å²) in [6.45, 7) is 0. The number of anilines is 1. The van der Waals surface area contributed by atoms with E-state index in [1.807, 2.05) is 0 Å². The minimum absolute atomic E-state index is 0.00673. The quantitative estimate of drug-likeness (QED) is 0.500. The Labute approximate surface area is 120 Å². The van der Waals surface area contributed by atoms with E-state index in [2.05, 4.69) is 5.32 Å². The van der Waals surface area contributed by atoms with Crippen molar-refractivity contribution < 1.29 is 14.5 Å². The highest BCUT2D eigenvalue weighted by atomic mass is 35.5. The summed E-state index contributed by atoms with van der Waals surface area (Å²) in [6, 6.07) is 2.47. The van der Waals surface area contributed by atoms with Crippen LogP contribution < -0.4 is 11.1 Å². The number of benzene rings is 1. The number of nitrogens with one attached hydrogen (secondary N) is 1. The number of halogens is 1. The van der Waals surface area contributed by atoms with Crippen LogP contribution >= 0.6 is 11.6 Å². The lowest BCUT2D eigenvalue weighted by molar-refractivity contribution is -0.383. The number of hydrogen-bond donors (Lipinski definition) is 2. The molecule has 1 aliphatic rings. The topological polar surface area (TPSA) is 107 Å². The first kappa shape index (κ1) is 14.5. The Bertz CT molecular complexity index is 558. The van der Waals surface area contributed by atoms with Crippen LogP contribution in [0.1, 0.15) is 23.2 Å². The molecule has 1 aromatic rings. The van der Waals surface area contributed by atoms with Gasteiger partial charge in [0.2, 0.25) is 0 Å². The number of nitro groups is 1. The number of carbonyl (C=O) groups is 1.